The Morgan fingerprint density at radius 1 is 1.07 bits per heavy atom. The summed E-state index contributed by atoms with van der Waals surface area (Å²) in [6.45, 7) is 9.97. The van der Waals surface area contributed by atoms with E-state index in [9.17, 15) is 0 Å². The lowest BCUT2D eigenvalue weighted by Crippen LogP contribution is -2.15. The molecule has 3 heterocycles. The number of halogens is 1. The molecule has 0 saturated carbocycles. The second-order valence-electron chi connectivity index (χ2n) is 8.41. The molecule has 4 nitrogen and oxygen atoms in total. The summed E-state index contributed by atoms with van der Waals surface area (Å²) in [5.41, 5.74) is 6.64. The van der Waals surface area contributed by atoms with Gasteiger partial charge in [-0.15, -0.1) is 0 Å². The van der Waals surface area contributed by atoms with Gasteiger partial charge in [-0.05, 0) is 76.3 Å². The van der Waals surface area contributed by atoms with E-state index in [0.717, 1.165) is 52.7 Å². The van der Waals surface area contributed by atoms with Gasteiger partial charge in [0.25, 0.3) is 0 Å². The summed E-state index contributed by atoms with van der Waals surface area (Å²) in [7, 11) is 0. The molecule has 4 rings (SSSR count). The van der Waals surface area contributed by atoms with Crippen LogP contribution in [-0.4, -0.2) is 21.1 Å². The van der Waals surface area contributed by atoms with Crippen LogP contribution in [0.2, 0.25) is 5.02 Å². The fraction of sp³-hybridized carbons (Fsp3) is 0.440. The minimum absolute atomic E-state index is 0.597. The van der Waals surface area contributed by atoms with Gasteiger partial charge >= 0.3 is 0 Å². The third kappa shape index (κ3) is 4.24. The van der Waals surface area contributed by atoms with Gasteiger partial charge in [-0.1, -0.05) is 24.9 Å². The number of ether oxygens (including phenoxy) is 1. The maximum absolute atomic E-state index is 6.52. The Morgan fingerprint density at radius 3 is 2.53 bits per heavy atom. The van der Waals surface area contributed by atoms with Gasteiger partial charge in [0.2, 0.25) is 0 Å². The van der Waals surface area contributed by atoms with Crippen LogP contribution in [0.25, 0.3) is 22.6 Å². The maximum atomic E-state index is 6.52. The largest absolute Gasteiger partial charge is 0.492 e. The molecule has 0 unspecified atom stereocenters. The van der Waals surface area contributed by atoms with E-state index in [1.807, 2.05) is 32.9 Å². The van der Waals surface area contributed by atoms with Crippen LogP contribution in [-0.2, 0) is 13.0 Å². The van der Waals surface area contributed by atoms with Gasteiger partial charge in [-0.3, -0.25) is 4.98 Å². The molecule has 0 bridgehead atoms. The van der Waals surface area contributed by atoms with Crippen molar-refractivity contribution in [3.8, 4) is 28.4 Å². The third-order valence-corrected chi connectivity index (χ3v) is 6.07. The molecule has 0 fully saturated rings. The van der Waals surface area contributed by atoms with E-state index in [-0.39, 0.29) is 0 Å². The molecule has 0 radical (unpaired) electrons. The number of hydrogen-bond donors (Lipinski definition) is 0. The van der Waals surface area contributed by atoms with E-state index in [1.54, 1.807) is 0 Å². The summed E-state index contributed by atoms with van der Waals surface area (Å²) < 4.78 is 8.06. The standard InChI is InChI=1S/C25H30ClN3O/c1-5-30-23-11-10-19(14-21(23)26)25-28-24(20-12-17(3)27-18(4)13-20)22-9-7-6-8-16(2)15-29(22)25/h10-14,16H,5-9,15H2,1-4H3/t16-/m0/s1. The van der Waals surface area contributed by atoms with Gasteiger partial charge in [0.05, 0.1) is 17.3 Å². The van der Waals surface area contributed by atoms with E-state index in [1.165, 1.54) is 25.0 Å². The van der Waals surface area contributed by atoms with E-state index in [0.29, 0.717) is 17.5 Å². The van der Waals surface area contributed by atoms with Crippen LogP contribution in [0.4, 0.5) is 0 Å². The summed E-state index contributed by atoms with van der Waals surface area (Å²) in [5, 5.41) is 0.628. The zero-order valence-corrected chi connectivity index (χ0v) is 19.1. The SMILES string of the molecule is CCOc1ccc(-c2nc(-c3cc(C)nc(C)c3)c3n2C[C@@H](C)CCCC3)cc1Cl. The molecule has 1 atom stereocenters. The van der Waals surface area contributed by atoms with Crippen LogP contribution in [0.1, 0.15) is 50.2 Å². The van der Waals surface area contributed by atoms with Crippen LogP contribution < -0.4 is 4.74 Å². The number of pyridine rings is 1. The highest BCUT2D eigenvalue weighted by Gasteiger charge is 2.23. The number of imidazole rings is 1. The molecular formula is C25H30ClN3O. The Labute approximate surface area is 184 Å². The predicted octanol–water partition coefficient (Wildman–Crippen LogP) is 6.64. The molecule has 1 aromatic carbocycles. The van der Waals surface area contributed by atoms with Crippen molar-refractivity contribution < 1.29 is 4.74 Å². The summed E-state index contributed by atoms with van der Waals surface area (Å²) >= 11 is 6.52. The van der Waals surface area contributed by atoms with Gasteiger partial charge in [0.15, 0.2) is 0 Å². The molecule has 3 aromatic rings. The molecule has 0 saturated heterocycles. The number of aromatic nitrogens is 3. The van der Waals surface area contributed by atoms with Crippen molar-refractivity contribution in [3.63, 3.8) is 0 Å². The van der Waals surface area contributed by atoms with Crippen molar-refractivity contribution in [2.24, 2.45) is 5.92 Å². The number of hydrogen-bond acceptors (Lipinski definition) is 3. The molecule has 2 aromatic heterocycles. The lowest BCUT2D eigenvalue weighted by molar-refractivity contribution is 0.340. The molecule has 0 spiro atoms. The lowest BCUT2D eigenvalue weighted by atomic mass is 9.98. The smallest absolute Gasteiger partial charge is 0.140 e. The monoisotopic (exact) mass is 423 g/mol. The van der Waals surface area contributed by atoms with Gasteiger partial charge < -0.3 is 9.30 Å². The first-order chi connectivity index (χ1) is 14.5. The Hall–Kier alpha value is -2.33. The molecule has 0 aliphatic carbocycles. The zero-order valence-electron chi connectivity index (χ0n) is 18.3. The molecule has 30 heavy (non-hydrogen) atoms. The lowest BCUT2D eigenvalue weighted by Gasteiger charge is -2.21. The van der Waals surface area contributed by atoms with Crippen molar-refractivity contribution in [3.05, 3.63) is 52.4 Å². The second-order valence-corrected chi connectivity index (χ2v) is 8.82. The van der Waals surface area contributed by atoms with Crippen LogP contribution in [0.15, 0.2) is 30.3 Å². The molecule has 1 aliphatic heterocycles. The molecule has 5 heteroatoms. The Kier molecular flexibility index (Phi) is 6.14. The van der Waals surface area contributed by atoms with Crippen molar-refractivity contribution in [2.75, 3.05) is 6.61 Å². The van der Waals surface area contributed by atoms with Crippen LogP contribution in [0.5, 0.6) is 5.75 Å². The highest BCUT2D eigenvalue weighted by Crippen LogP contribution is 2.36. The summed E-state index contributed by atoms with van der Waals surface area (Å²) in [6, 6.07) is 10.3. The molecule has 0 N–H and O–H groups in total. The quantitative estimate of drug-likeness (QED) is 0.472. The Morgan fingerprint density at radius 2 is 1.83 bits per heavy atom. The molecule has 158 valence electrons. The van der Waals surface area contributed by atoms with Crippen LogP contribution in [0, 0.1) is 19.8 Å². The zero-order chi connectivity index (χ0) is 21.3. The van der Waals surface area contributed by atoms with E-state index in [2.05, 4.69) is 34.7 Å². The summed E-state index contributed by atoms with van der Waals surface area (Å²) in [6.07, 6.45) is 4.75. The topological polar surface area (TPSA) is 39.9 Å². The van der Waals surface area contributed by atoms with Crippen LogP contribution in [0.3, 0.4) is 0 Å². The van der Waals surface area contributed by atoms with Crippen molar-refractivity contribution in [1.82, 2.24) is 14.5 Å². The number of fused-ring (bicyclic) bond motifs is 1. The first kappa shape index (κ1) is 20.9. The van der Waals surface area contributed by atoms with Crippen LogP contribution >= 0.6 is 11.6 Å². The number of aryl methyl sites for hydroxylation is 2. The first-order valence-corrected chi connectivity index (χ1v) is 11.3. The van der Waals surface area contributed by atoms with Gasteiger partial charge in [-0.2, -0.15) is 0 Å². The molecule has 1 aliphatic rings. The second kappa shape index (κ2) is 8.81. The van der Waals surface area contributed by atoms with Gasteiger partial charge in [0, 0.05) is 34.8 Å². The van der Waals surface area contributed by atoms with E-state index in [4.69, 9.17) is 21.3 Å². The fourth-order valence-electron chi connectivity index (χ4n) is 4.46. The Bertz CT molecular complexity index is 1040. The average Bonchev–Trinajstić information content (AvgIpc) is 3.02. The van der Waals surface area contributed by atoms with Gasteiger partial charge in [0.1, 0.15) is 11.6 Å². The van der Waals surface area contributed by atoms with Crippen molar-refractivity contribution in [2.45, 2.75) is 59.9 Å². The normalized spacial score (nSPS) is 16.6. The minimum atomic E-state index is 0.597. The predicted molar refractivity (Wildman–Crippen MR) is 123 cm³/mol. The van der Waals surface area contributed by atoms with E-state index >= 15 is 0 Å². The maximum Gasteiger partial charge on any atom is 0.140 e. The average molecular weight is 424 g/mol. The third-order valence-electron chi connectivity index (χ3n) is 5.77. The van der Waals surface area contributed by atoms with Gasteiger partial charge in [-0.25, -0.2) is 4.98 Å². The minimum Gasteiger partial charge on any atom is -0.492 e. The summed E-state index contributed by atoms with van der Waals surface area (Å²) in [5.74, 6) is 2.33. The first-order valence-electron chi connectivity index (χ1n) is 10.9. The number of benzene rings is 1. The number of nitrogens with zero attached hydrogens (tertiary/aromatic N) is 3. The molecule has 0 amide bonds. The van der Waals surface area contributed by atoms with E-state index < -0.39 is 0 Å². The fourth-order valence-corrected chi connectivity index (χ4v) is 4.70. The van der Waals surface area contributed by atoms with Crippen molar-refractivity contribution in [1.29, 1.82) is 0 Å². The molecular weight excluding hydrogens is 394 g/mol. The highest BCUT2D eigenvalue weighted by atomic mass is 35.5. The van der Waals surface area contributed by atoms with Crippen molar-refractivity contribution >= 4 is 11.6 Å². The summed E-state index contributed by atoms with van der Waals surface area (Å²) in [4.78, 5) is 9.74. The Balaban J connectivity index is 1.89. The highest BCUT2D eigenvalue weighted by molar-refractivity contribution is 6.32. The number of rotatable bonds is 4.